The van der Waals surface area contributed by atoms with Gasteiger partial charge < -0.3 is 12.4 Å². The first-order chi connectivity index (χ1) is 9.46. The van der Waals surface area contributed by atoms with Gasteiger partial charge in [-0.1, -0.05) is 44.2 Å². The van der Waals surface area contributed by atoms with E-state index in [-0.39, 0.29) is 29.2 Å². The van der Waals surface area contributed by atoms with E-state index in [1.165, 1.54) is 12.1 Å². The summed E-state index contributed by atoms with van der Waals surface area (Å²) in [5.41, 5.74) is 1.24. The first-order valence-corrected chi connectivity index (χ1v) is 6.16. The Labute approximate surface area is 128 Å². The molecule has 6 heteroatoms. The van der Waals surface area contributed by atoms with E-state index in [9.17, 15) is 10.1 Å². The fourth-order valence-electron chi connectivity index (χ4n) is 2.16. The van der Waals surface area contributed by atoms with Crippen molar-refractivity contribution in [1.82, 2.24) is 0 Å². The van der Waals surface area contributed by atoms with E-state index < -0.39 is 4.92 Å². The lowest BCUT2D eigenvalue weighted by Gasteiger charge is -2.25. The Morgan fingerprint density at radius 2 is 1.71 bits per heavy atom. The molecule has 21 heavy (non-hydrogen) atoms. The molecule has 0 radical (unpaired) electrons. The van der Waals surface area contributed by atoms with Gasteiger partial charge in [-0.05, 0) is 17.2 Å². The van der Waals surface area contributed by atoms with Crippen LogP contribution in [0.4, 0.5) is 11.4 Å². The molecule has 0 fully saturated rings. The van der Waals surface area contributed by atoms with Crippen LogP contribution in [0.5, 0.6) is 0 Å². The molecular weight excluding hydrogens is 290 g/mol. The lowest BCUT2D eigenvalue weighted by molar-refractivity contribution is -0.383. The van der Waals surface area contributed by atoms with Crippen molar-refractivity contribution in [1.29, 1.82) is 5.39 Å². The van der Waals surface area contributed by atoms with Crippen molar-refractivity contribution >= 4 is 11.4 Å². The molecule has 2 aromatic rings. The van der Waals surface area contributed by atoms with Crippen LogP contribution in [0, 0.1) is 15.5 Å². The van der Waals surface area contributed by atoms with Gasteiger partial charge in [0.05, 0.1) is 4.92 Å². The molecular formula is C15H14ClN3O2. The monoisotopic (exact) mass is 303 g/mol. The van der Waals surface area contributed by atoms with Gasteiger partial charge in [0.15, 0.2) is 4.98 Å². The molecule has 0 heterocycles. The topological polar surface area (TPSA) is 71.3 Å². The summed E-state index contributed by atoms with van der Waals surface area (Å²) in [6, 6.07) is 14.4. The molecule has 0 atom stereocenters. The highest BCUT2D eigenvalue weighted by Crippen LogP contribution is 2.36. The second-order valence-electron chi connectivity index (χ2n) is 5.05. The van der Waals surface area contributed by atoms with Crippen LogP contribution >= 0.6 is 0 Å². The number of nitro benzene ring substituents is 1. The van der Waals surface area contributed by atoms with Crippen molar-refractivity contribution in [3.8, 4) is 0 Å². The second-order valence-corrected chi connectivity index (χ2v) is 5.05. The van der Waals surface area contributed by atoms with E-state index in [0.29, 0.717) is 0 Å². The summed E-state index contributed by atoms with van der Waals surface area (Å²) in [4.78, 5) is 13.4. The van der Waals surface area contributed by atoms with E-state index in [0.717, 1.165) is 11.1 Å². The largest absolute Gasteiger partial charge is 1.00 e. The van der Waals surface area contributed by atoms with Crippen molar-refractivity contribution in [2.45, 2.75) is 19.3 Å². The van der Waals surface area contributed by atoms with Gasteiger partial charge in [0.2, 0.25) is 5.39 Å². The molecule has 0 aliphatic carbocycles. The second kappa shape index (κ2) is 6.33. The van der Waals surface area contributed by atoms with Gasteiger partial charge in [-0.15, -0.1) is 0 Å². The SMILES string of the molecule is CC(C)(c1ccccc1)c1ccc([N+]#N)c([N+](=O)[O-])c1.[Cl-]. The first-order valence-electron chi connectivity index (χ1n) is 6.16. The molecule has 5 nitrogen and oxygen atoms in total. The van der Waals surface area contributed by atoms with Gasteiger partial charge >= 0.3 is 11.4 Å². The molecule has 0 aliphatic heterocycles. The van der Waals surface area contributed by atoms with Gasteiger partial charge in [-0.2, -0.15) is 0 Å². The molecule has 0 spiro atoms. The van der Waals surface area contributed by atoms with E-state index in [2.05, 4.69) is 4.98 Å². The number of benzene rings is 2. The molecule has 0 bridgehead atoms. The summed E-state index contributed by atoms with van der Waals surface area (Å²) in [7, 11) is 0. The maximum atomic E-state index is 11.0. The van der Waals surface area contributed by atoms with E-state index in [1.807, 2.05) is 44.2 Å². The van der Waals surface area contributed by atoms with Crippen LogP contribution in [-0.2, 0) is 5.41 Å². The molecule has 0 unspecified atom stereocenters. The van der Waals surface area contributed by atoms with Gasteiger partial charge in [0.1, 0.15) is 0 Å². The van der Waals surface area contributed by atoms with Crippen LogP contribution in [0.1, 0.15) is 25.0 Å². The Balaban J connectivity index is 0.00000220. The van der Waals surface area contributed by atoms with E-state index >= 15 is 0 Å². The number of hydrogen-bond acceptors (Lipinski definition) is 3. The van der Waals surface area contributed by atoms with E-state index in [1.54, 1.807) is 6.07 Å². The Bertz CT molecular complexity index is 694. The normalized spacial score (nSPS) is 10.3. The molecule has 108 valence electrons. The van der Waals surface area contributed by atoms with Gasteiger partial charge in [0, 0.05) is 17.5 Å². The van der Waals surface area contributed by atoms with Crippen LogP contribution < -0.4 is 12.4 Å². The molecule has 0 aliphatic rings. The third-order valence-electron chi connectivity index (χ3n) is 3.50. The van der Waals surface area contributed by atoms with Crippen molar-refractivity contribution in [3.05, 3.63) is 74.7 Å². The lowest BCUT2D eigenvalue weighted by atomic mass is 9.78. The molecule has 2 rings (SSSR count). The zero-order valence-corrected chi connectivity index (χ0v) is 12.4. The first kappa shape index (κ1) is 16.6. The number of rotatable bonds is 3. The maximum absolute atomic E-state index is 11.0. The summed E-state index contributed by atoms with van der Waals surface area (Å²) in [5.74, 6) is 0. The highest BCUT2D eigenvalue weighted by atomic mass is 35.5. The van der Waals surface area contributed by atoms with E-state index in [4.69, 9.17) is 5.39 Å². The average Bonchev–Trinajstić information content (AvgIpc) is 2.47. The van der Waals surface area contributed by atoms with Crippen LogP contribution in [0.3, 0.4) is 0 Å². The zero-order chi connectivity index (χ0) is 14.8. The highest BCUT2D eigenvalue weighted by molar-refractivity contribution is 5.64. The average molecular weight is 304 g/mol. The summed E-state index contributed by atoms with van der Waals surface area (Å²) in [5, 5.41) is 19.8. The maximum Gasteiger partial charge on any atom is 0.461 e. The highest BCUT2D eigenvalue weighted by Gasteiger charge is 2.30. The predicted molar refractivity (Wildman–Crippen MR) is 76.4 cm³/mol. The standard InChI is InChI=1S/C15H14N3O2.ClH/c1-15(2,11-6-4-3-5-7-11)12-8-9-13(17-16)14(10-12)18(19)20;/h3-10H,1-2H3;1H/q+1;/p-1. The Morgan fingerprint density at radius 1 is 1.10 bits per heavy atom. The number of nitro groups is 1. The minimum Gasteiger partial charge on any atom is -1.00 e. The third kappa shape index (κ3) is 3.18. The molecule has 0 saturated heterocycles. The molecule has 0 N–H and O–H groups in total. The molecule has 0 amide bonds. The lowest BCUT2D eigenvalue weighted by Crippen LogP contribution is -3.00. The number of hydrogen-bond donors (Lipinski definition) is 0. The zero-order valence-electron chi connectivity index (χ0n) is 11.7. The van der Waals surface area contributed by atoms with Gasteiger partial charge in [-0.3, -0.25) is 10.1 Å². The van der Waals surface area contributed by atoms with Gasteiger partial charge in [-0.25, -0.2) is 0 Å². The summed E-state index contributed by atoms with van der Waals surface area (Å²) < 4.78 is 0. The van der Waals surface area contributed by atoms with Gasteiger partial charge in [0.25, 0.3) is 0 Å². The molecule has 0 saturated carbocycles. The summed E-state index contributed by atoms with van der Waals surface area (Å²) >= 11 is 0. The fourth-order valence-corrected chi connectivity index (χ4v) is 2.16. The minimum absolute atomic E-state index is 0. The van der Waals surface area contributed by atoms with Crippen LogP contribution in [0.25, 0.3) is 4.98 Å². The smallest absolute Gasteiger partial charge is 0.461 e. The Hall–Kier alpha value is -2.45. The Morgan fingerprint density at radius 3 is 2.24 bits per heavy atom. The summed E-state index contributed by atoms with van der Waals surface area (Å²) in [6.07, 6.45) is 0. The fraction of sp³-hybridized carbons (Fsp3) is 0.200. The van der Waals surface area contributed by atoms with Crippen LogP contribution in [0.15, 0.2) is 48.5 Å². The molecule has 0 aromatic heterocycles. The number of halogens is 1. The van der Waals surface area contributed by atoms with Crippen LogP contribution in [0.2, 0.25) is 0 Å². The van der Waals surface area contributed by atoms with Crippen molar-refractivity contribution in [2.24, 2.45) is 0 Å². The predicted octanol–water partition coefficient (Wildman–Crippen LogP) is 1.41. The summed E-state index contributed by atoms with van der Waals surface area (Å²) in [6.45, 7) is 3.99. The third-order valence-corrected chi connectivity index (χ3v) is 3.50. The van der Waals surface area contributed by atoms with Crippen molar-refractivity contribution in [2.75, 3.05) is 0 Å². The minimum atomic E-state index is -0.542. The van der Waals surface area contributed by atoms with Crippen molar-refractivity contribution < 1.29 is 17.3 Å². The number of nitrogens with zero attached hydrogens (tertiary/aromatic N) is 3. The van der Waals surface area contributed by atoms with Crippen molar-refractivity contribution in [3.63, 3.8) is 0 Å². The quantitative estimate of drug-likeness (QED) is 0.489. The number of diazo groups is 1. The Kier molecular flexibility index (Phi) is 5.01. The van der Waals surface area contributed by atoms with Crippen LogP contribution in [-0.4, -0.2) is 4.92 Å². The molecule has 2 aromatic carbocycles.